The fourth-order valence-corrected chi connectivity index (χ4v) is 2.91. The highest BCUT2D eigenvalue weighted by atomic mass is 16.5. The van der Waals surface area contributed by atoms with Gasteiger partial charge in [0.1, 0.15) is 0 Å². The van der Waals surface area contributed by atoms with Gasteiger partial charge in [0.25, 0.3) is 0 Å². The molecule has 2 heterocycles. The molecule has 2 saturated heterocycles. The number of amides is 2. The fraction of sp³-hybridized carbons (Fsp3) is 0.929. The molecule has 0 aliphatic carbocycles. The summed E-state index contributed by atoms with van der Waals surface area (Å²) in [6.07, 6.45) is 3.51. The third-order valence-corrected chi connectivity index (χ3v) is 4.07. The minimum Gasteiger partial charge on any atom is -0.379 e. The monoisotopic (exact) mass is 269 g/mol. The van der Waals surface area contributed by atoms with E-state index in [2.05, 4.69) is 24.1 Å². The molecule has 2 aliphatic rings. The smallest absolute Gasteiger partial charge is 0.317 e. The normalized spacial score (nSPS) is 27.1. The Balaban J connectivity index is 1.74. The van der Waals surface area contributed by atoms with Crippen molar-refractivity contribution in [3.63, 3.8) is 0 Å². The first-order valence-corrected chi connectivity index (χ1v) is 7.54. The lowest BCUT2D eigenvalue weighted by atomic mass is 10.0. The summed E-state index contributed by atoms with van der Waals surface area (Å²) in [6.45, 7) is 9.61. The zero-order valence-electron chi connectivity index (χ0n) is 12.2. The molecule has 19 heavy (non-hydrogen) atoms. The van der Waals surface area contributed by atoms with E-state index in [0.717, 1.165) is 52.2 Å². The first-order valence-electron chi connectivity index (χ1n) is 7.54. The lowest BCUT2D eigenvalue weighted by Gasteiger charge is -2.35. The van der Waals surface area contributed by atoms with Crippen molar-refractivity contribution in [3.8, 4) is 0 Å². The Labute approximate surface area is 116 Å². The number of ether oxygens (including phenoxy) is 1. The van der Waals surface area contributed by atoms with Crippen molar-refractivity contribution in [3.05, 3.63) is 0 Å². The standard InChI is InChI=1S/C14H27N3O2/c1-12(11-16-7-9-19-10-8-16)15-14(18)17-6-4-3-5-13(17)2/h12-13H,3-11H2,1-2H3,(H,15,18). The minimum atomic E-state index is 0.105. The molecule has 2 atom stereocenters. The predicted molar refractivity (Wildman–Crippen MR) is 75.3 cm³/mol. The first kappa shape index (κ1) is 14.6. The predicted octanol–water partition coefficient (Wildman–Crippen LogP) is 1.29. The largest absolute Gasteiger partial charge is 0.379 e. The minimum absolute atomic E-state index is 0.105. The number of hydrogen-bond acceptors (Lipinski definition) is 3. The molecule has 110 valence electrons. The topological polar surface area (TPSA) is 44.8 Å². The van der Waals surface area contributed by atoms with Crippen molar-refractivity contribution in [2.45, 2.75) is 45.2 Å². The summed E-state index contributed by atoms with van der Waals surface area (Å²) in [5, 5.41) is 3.13. The van der Waals surface area contributed by atoms with Crippen LogP contribution in [0.25, 0.3) is 0 Å². The number of carbonyl (C=O) groups is 1. The molecule has 0 spiro atoms. The highest BCUT2D eigenvalue weighted by molar-refractivity contribution is 5.74. The second kappa shape index (κ2) is 7.10. The molecule has 0 aromatic heterocycles. The molecule has 5 heteroatoms. The van der Waals surface area contributed by atoms with Crippen LogP contribution in [0.3, 0.4) is 0 Å². The highest BCUT2D eigenvalue weighted by Gasteiger charge is 2.24. The zero-order chi connectivity index (χ0) is 13.7. The summed E-state index contributed by atoms with van der Waals surface area (Å²) in [6, 6.07) is 0.678. The number of piperidine rings is 1. The third-order valence-electron chi connectivity index (χ3n) is 4.07. The number of carbonyl (C=O) groups excluding carboxylic acids is 1. The summed E-state index contributed by atoms with van der Waals surface area (Å²) in [5.41, 5.74) is 0. The van der Waals surface area contributed by atoms with Gasteiger partial charge < -0.3 is 15.0 Å². The number of nitrogens with one attached hydrogen (secondary N) is 1. The van der Waals surface area contributed by atoms with Crippen LogP contribution < -0.4 is 5.32 Å². The van der Waals surface area contributed by atoms with Gasteiger partial charge in [-0.05, 0) is 33.1 Å². The van der Waals surface area contributed by atoms with Crippen molar-refractivity contribution in [1.82, 2.24) is 15.1 Å². The van der Waals surface area contributed by atoms with Gasteiger partial charge >= 0.3 is 6.03 Å². The van der Waals surface area contributed by atoms with E-state index in [0.29, 0.717) is 6.04 Å². The van der Waals surface area contributed by atoms with Crippen molar-refractivity contribution in [2.24, 2.45) is 0 Å². The van der Waals surface area contributed by atoms with Crippen LogP contribution in [0.2, 0.25) is 0 Å². The third kappa shape index (κ3) is 4.35. The molecule has 2 unspecified atom stereocenters. The SMILES string of the molecule is CC(CN1CCOCC1)NC(=O)N1CCCCC1C. The van der Waals surface area contributed by atoms with Crippen LogP contribution in [0.1, 0.15) is 33.1 Å². The fourth-order valence-electron chi connectivity index (χ4n) is 2.91. The van der Waals surface area contributed by atoms with Gasteiger partial charge in [0.2, 0.25) is 0 Å². The molecular formula is C14H27N3O2. The van der Waals surface area contributed by atoms with Crippen molar-refractivity contribution >= 4 is 6.03 Å². The molecule has 0 aromatic rings. The van der Waals surface area contributed by atoms with E-state index in [9.17, 15) is 4.79 Å². The van der Waals surface area contributed by atoms with E-state index < -0.39 is 0 Å². The molecule has 2 fully saturated rings. The number of likely N-dealkylation sites (tertiary alicyclic amines) is 1. The second-order valence-electron chi connectivity index (χ2n) is 5.80. The average molecular weight is 269 g/mol. The van der Waals surface area contributed by atoms with Crippen LogP contribution >= 0.6 is 0 Å². The summed E-state index contributed by atoms with van der Waals surface area (Å²) in [7, 11) is 0. The Kier molecular flexibility index (Phi) is 5.45. The Bertz CT molecular complexity index is 292. The van der Waals surface area contributed by atoms with Crippen molar-refractivity contribution in [1.29, 1.82) is 0 Å². The number of rotatable bonds is 3. The maximum atomic E-state index is 12.2. The Morgan fingerprint density at radius 2 is 2.05 bits per heavy atom. The van der Waals surface area contributed by atoms with E-state index in [-0.39, 0.29) is 12.1 Å². The Morgan fingerprint density at radius 1 is 1.32 bits per heavy atom. The molecule has 0 bridgehead atoms. The molecule has 1 N–H and O–H groups in total. The summed E-state index contributed by atoms with van der Waals surface area (Å²) in [5.74, 6) is 0. The molecule has 5 nitrogen and oxygen atoms in total. The van der Waals surface area contributed by atoms with Crippen LogP contribution in [-0.2, 0) is 4.74 Å². The summed E-state index contributed by atoms with van der Waals surface area (Å²) >= 11 is 0. The van der Waals surface area contributed by atoms with Crippen LogP contribution in [0.15, 0.2) is 0 Å². The van der Waals surface area contributed by atoms with Gasteiger partial charge in [-0.2, -0.15) is 0 Å². The van der Waals surface area contributed by atoms with Crippen LogP contribution in [0.4, 0.5) is 4.79 Å². The Hall–Kier alpha value is -0.810. The summed E-state index contributed by atoms with van der Waals surface area (Å²) in [4.78, 5) is 16.6. The first-order chi connectivity index (χ1) is 9.16. The maximum Gasteiger partial charge on any atom is 0.317 e. The molecule has 0 radical (unpaired) electrons. The Morgan fingerprint density at radius 3 is 2.74 bits per heavy atom. The van der Waals surface area contributed by atoms with Gasteiger partial charge in [-0.25, -0.2) is 4.79 Å². The lowest BCUT2D eigenvalue weighted by Crippen LogP contribution is -2.52. The van der Waals surface area contributed by atoms with Crippen molar-refractivity contribution < 1.29 is 9.53 Å². The lowest BCUT2D eigenvalue weighted by molar-refractivity contribution is 0.0344. The van der Waals surface area contributed by atoms with E-state index in [1.807, 2.05) is 4.90 Å². The summed E-state index contributed by atoms with van der Waals surface area (Å²) < 4.78 is 5.33. The number of hydrogen-bond donors (Lipinski definition) is 1. The maximum absolute atomic E-state index is 12.2. The molecule has 0 saturated carbocycles. The van der Waals surface area contributed by atoms with E-state index in [4.69, 9.17) is 4.74 Å². The average Bonchev–Trinajstić information content (AvgIpc) is 2.40. The van der Waals surface area contributed by atoms with E-state index in [1.54, 1.807) is 0 Å². The van der Waals surface area contributed by atoms with Gasteiger partial charge in [0, 0.05) is 38.3 Å². The number of morpholine rings is 1. The van der Waals surface area contributed by atoms with Crippen molar-refractivity contribution in [2.75, 3.05) is 39.4 Å². The zero-order valence-corrected chi connectivity index (χ0v) is 12.2. The quantitative estimate of drug-likeness (QED) is 0.840. The molecule has 2 rings (SSSR count). The molecule has 2 aliphatic heterocycles. The highest BCUT2D eigenvalue weighted by Crippen LogP contribution is 2.16. The van der Waals surface area contributed by atoms with E-state index >= 15 is 0 Å². The molecule has 2 amide bonds. The molecular weight excluding hydrogens is 242 g/mol. The number of nitrogens with zero attached hydrogens (tertiary/aromatic N) is 2. The van der Waals surface area contributed by atoms with Crippen LogP contribution in [0.5, 0.6) is 0 Å². The van der Waals surface area contributed by atoms with Crippen LogP contribution in [-0.4, -0.2) is 67.3 Å². The van der Waals surface area contributed by atoms with Gasteiger partial charge in [-0.3, -0.25) is 4.90 Å². The van der Waals surface area contributed by atoms with Gasteiger partial charge in [-0.1, -0.05) is 0 Å². The van der Waals surface area contributed by atoms with Crippen LogP contribution in [0, 0.1) is 0 Å². The van der Waals surface area contributed by atoms with Gasteiger partial charge in [0.05, 0.1) is 13.2 Å². The van der Waals surface area contributed by atoms with Gasteiger partial charge in [0.15, 0.2) is 0 Å². The van der Waals surface area contributed by atoms with E-state index in [1.165, 1.54) is 6.42 Å². The number of urea groups is 1. The van der Waals surface area contributed by atoms with Gasteiger partial charge in [-0.15, -0.1) is 0 Å². The second-order valence-corrected chi connectivity index (χ2v) is 5.80. The molecule has 0 aromatic carbocycles.